The van der Waals surface area contributed by atoms with E-state index in [9.17, 15) is 14.4 Å². The lowest BCUT2D eigenvalue weighted by molar-refractivity contribution is -0.167. The predicted octanol–water partition coefficient (Wildman–Crippen LogP) is 19.6. The largest absolute Gasteiger partial charge is 0.462 e. The van der Waals surface area contributed by atoms with Crippen molar-refractivity contribution in [2.45, 2.75) is 303 Å². The number of hydrogen-bond acceptors (Lipinski definition) is 6. The van der Waals surface area contributed by atoms with Gasteiger partial charge in [-0.2, -0.15) is 0 Å². The van der Waals surface area contributed by atoms with Gasteiger partial charge in [-0.15, -0.1) is 0 Å². The Morgan fingerprint density at radius 3 is 0.853 bits per heavy atom. The van der Waals surface area contributed by atoms with Crippen LogP contribution in [0.5, 0.6) is 0 Å². The standard InChI is InChI=1S/C62H110O6/c1-4-7-10-13-16-19-22-24-26-28-29-30-31-32-33-35-36-38-40-43-46-49-52-55-61(64)67-58-59(57-66-60(63)54-51-48-45-42-21-18-15-12-9-6-3)68-62(65)56-53-50-47-44-41-39-37-34-27-25-23-20-17-14-11-8-5-2/h17,20,22,24-25,27-29,31-32,59H,4-16,18-19,21,23,26,30,33-58H2,1-3H3/b20-17-,24-22-,27-25-,29-28-,32-31-. The third kappa shape index (κ3) is 54.1. The molecule has 0 aliphatic heterocycles. The molecule has 0 heterocycles. The Hall–Kier alpha value is -2.89. The van der Waals surface area contributed by atoms with Crippen molar-refractivity contribution < 1.29 is 28.6 Å². The summed E-state index contributed by atoms with van der Waals surface area (Å²) in [5.41, 5.74) is 0. The normalized spacial score (nSPS) is 12.5. The van der Waals surface area contributed by atoms with Crippen LogP contribution in [0.25, 0.3) is 0 Å². The molecule has 0 aromatic heterocycles. The van der Waals surface area contributed by atoms with Gasteiger partial charge in [0.05, 0.1) is 0 Å². The van der Waals surface area contributed by atoms with E-state index in [0.717, 1.165) is 89.9 Å². The van der Waals surface area contributed by atoms with Crippen molar-refractivity contribution in [3.63, 3.8) is 0 Å². The number of allylic oxidation sites excluding steroid dienone is 10. The van der Waals surface area contributed by atoms with E-state index in [1.165, 1.54) is 167 Å². The molecule has 0 aliphatic carbocycles. The number of hydrogen-bond donors (Lipinski definition) is 0. The van der Waals surface area contributed by atoms with Crippen LogP contribution in [-0.4, -0.2) is 37.2 Å². The van der Waals surface area contributed by atoms with E-state index in [1.54, 1.807) is 0 Å². The fourth-order valence-corrected chi connectivity index (χ4v) is 8.30. The van der Waals surface area contributed by atoms with Crippen molar-refractivity contribution in [1.82, 2.24) is 0 Å². The molecule has 0 radical (unpaired) electrons. The SMILES string of the molecule is CCCCC/C=C\C/C=C\CCCCCCCCCC(=O)OC(COC(=O)CCCCCCCCCC/C=C\C/C=C\C/C=C\CCCCCCC)COC(=O)CCCCCCCCCCCC. The predicted molar refractivity (Wildman–Crippen MR) is 293 cm³/mol. The second-order valence-corrected chi connectivity index (χ2v) is 19.6. The van der Waals surface area contributed by atoms with E-state index in [1.807, 2.05) is 0 Å². The van der Waals surface area contributed by atoms with Crippen LogP contribution in [0.1, 0.15) is 297 Å². The first-order valence-corrected chi connectivity index (χ1v) is 29.3. The van der Waals surface area contributed by atoms with E-state index >= 15 is 0 Å². The highest BCUT2D eigenvalue weighted by atomic mass is 16.6. The molecule has 394 valence electrons. The fraction of sp³-hybridized carbons (Fsp3) is 0.790. The van der Waals surface area contributed by atoms with Crippen molar-refractivity contribution >= 4 is 17.9 Å². The van der Waals surface area contributed by atoms with Gasteiger partial charge in [-0.1, -0.05) is 248 Å². The van der Waals surface area contributed by atoms with Crippen molar-refractivity contribution in [3.05, 3.63) is 60.8 Å². The van der Waals surface area contributed by atoms with Gasteiger partial charge in [-0.3, -0.25) is 14.4 Å². The van der Waals surface area contributed by atoms with E-state index in [-0.39, 0.29) is 31.1 Å². The second-order valence-electron chi connectivity index (χ2n) is 19.6. The zero-order valence-corrected chi connectivity index (χ0v) is 45.1. The lowest BCUT2D eigenvalue weighted by Crippen LogP contribution is -2.30. The van der Waals surface area contributed by atoms with Gasteiger partial charge in [-0.05, 0) is 89.9 Å². The summed E-state index contributed by atoms with van der Waals surface area (Å²) in [5.74, 6) is -0.884. The van der Waals surface area contributed by atoms with E-state index in [0.29, 0.717) is 19.3 Å². The van der Waals surface area contributed by atoms with Crippen molar-refractivity contribution in [3.8, 4) is 0 Å². The summed E-state index contributed by atoms with van der Waals surface area (Å²) in [6.45, 7) is 6.60. The van der Waals surface area contributed by atoms with E-state index in [2.05, 4.69) is 81.5 Å². The van der Waals surface area contributed by atoms with Gasteiger partial charge in [0.2, 0.25) is 0 Å². The molecule has 0 saturated carbocycles. The lowest BCUT2D eigenvalue weighted by Gasteiger charge is -2.18. The Morgan fingerprint density at radius 1 is 0.294 bits per heavy atom. The molecule has 0 aromatic carbocycles. The van der Waals surface area contributed by atoms with Crippen LogP contribution in [0.2, 0.25) is 0 Å². The minimum Gasteiger partial charge on any atom is -0.462 e. The molecule has 0 fully saturated rings. The molecule has 1 unspecified atom stereocenters. The maximum atomic E-state index is 12.8. The molecule has 6 nitrogen and oxygen atoms in total. The van der Waals surface area contributed by atoms with Gasteiger partial charge >= 0.3 is 17.9 Å². The molecule has 0 amide bonds. The molecule has 0 spiro atoms. The summed E-state index contributed by atoms with van der Waals surface area (Å²) in [4.78, 5) is 38.1. The molecule has 68 heavy (non-hydrogen) atoms. The third-order valence-electron chi connectivity index (χ3n) is 12.7. The summed E-state index contributed by atoms with van der Waals surface area (Å²) in [5, 5.41) is 0. The minimum atomic E-state index is -0.779. The summed E-state index contributed by atoms with van der Waals surface area (Å²) >= 11 is 0. The second kappa shape index (κ2) is 56.7. The van der Waals surface area contributed by atoms with Crippen LogP contribution in [-0.2, 0) is 28.6 Å². The minimum absolute atomic E-state index is 0.0778. The molecule has 0 saturated heterocycles. The Labute approximate surface area is 421 Å². The van der Waals surface area contributed by atoms with Crippen LogP contribution in [0.4, 0.5) is 0 Å². The van der Waals surface area contributed by atoms with Gasteiger partial charge in [-0.25, -0.2) is 0 Å². The Balaban J connectivity index is 4.30. The Morgan fingerprint density at radius 2 is 0.529 bits per heavy atom. The fourth-order valence-electron chi connectivity index (χ4n) is 8.30. The molecule has 0 aromatic rings. The van der Waals surface area contributed by atoms with Crippen LogP contribution in [0, 0.1) is 0 Å². The summed E-state index contributed by atoms with van der Waals surface area (Å²) in [6.07, 6.45) is 70.7. The van der Waals surface area contributed by atoms with Crippen LogP contribution in [0.15, 0.2) is 60.8 Å². The van der Waals surface area contributed by atoms with Gasteiger partial charge in [0.15, 0.2) is 6.10 Å². The Bertz CT molecular complexity index is 1230. The molecular formula is C62H110O6. The smallest absolute Gasteiger partial charge is 0.306 e. The molecule has 0 N–H and O–H groups in total. The number of rotatable bonds is 53. The zero-order chi connectivity index (χ0) is 49.3. The van der Waals surface area contributed by atoms with E-state index < -0.39 is 6.10 Å². The monoisotopic (exact) mass is 951 g/mol. The molecular weight excluding hydrogens is 841 g/mol. The maximum absolute atomic E-state index is 12.8. The first kappa shape index (κ1) is 65.1. The lowest BCUT2D eigenvalue weighted by atomic mass is 10.1. The molecule has 1 atom stereocenters. The summed E-state index contributed by atoms with van der Waals surface area (Å²) < 4.78 is 16.8. The topological polar surface area (TPSA) is 78.9 Å². The number of carbonyl (C=O) groups excluding carboxylic acids is 3. The molecule has 0 bridgehead atoms. The average molecular weight is 952 g/mol. The molecule has 0 rings (SSSR count). The number of carbonyl (C=O) groups is 3. The Kier molecular flexibility index (Phi) is 54.3. The van der Waals surface area contributed by atoms with Gasteiger partial charge in [0.1, 0.15) is 13.2 Å². The van der Waals surface area contributed by atoms with E-state index in [4.69, 9.17) is 14.2 Å². The van der Waals surface area contributed by atoms with Gasteiger partial charge < -0.3 is 14.2 Å². The highest BCUT2D eigenvalue weighted by Crippen LogP contribution is 2.15. The molecule has 6 heteroatoms. The van der Waals surface area contributed by atoms with Crippen molar-refractivity contribution in [2.75, 3.05) is 13.2 Å². The van der Waals surface area contributed by atoms with Crippen LogP contribution < -0.4 is 0 Å². The first-order chi connectivity index (χ1) is 33.5. The van der Waals surface area contributed by atoms with Crippen LogP contribution >= 0.6 is 0 Å². The summed E-state index contributed by atoms with van der Waals surface area (Å²) in [7, 11) is 0. The number of ether oxygens (including phenoxy) is 3. The van der Waals surface area contributed by atoms with Crippen molar-refractivity contribution in [1.29, 1.82) is 0 Å². The average Bonchev–Trinajstić information content (AvgIpc) is 3.34. The number of esters is 3. The highest BCUT2D eigenvalue weighted by Gasteiger charge is 2.19. The molecule has 0 aliphatic rings. The first-order valence-electron chi connectivity index (χ1n) is 29.3. The highest BCUT2D eigenvalue weighted by molar-refractivity contribution is 5.71. The number of unbranched alkanes of at least 4 members (excludes halogenated alkanes) is 32. The zero-order valence-electron chi connectivity index (χ0n) is 45.1. The third-order valence-corrected chi connectivity index (χ3v) is 12.7. The maximum Gasteiger partial charge on any atom is 0.306 e. The van der Waals surface area contributed by atoms with Crippen LogP contribution in [0.3, 0.4) is 0 Å². The van der Waals surface area contributed by atoms with Gasteiger partial charge in [0.25, 0.3) is 0 Å². The van der Waals surface area contributed by atoms with Crippen molar-refractivity contribution in [2.24, 2.45) is 0 Å². The summed E-state index contributed by atoms with van der Waals surface area (Å²) in [6, 6.07) is 0. The quantitative estimate of drug-likeness (QED) is 0.0262. The van der Waals surface area contributed by atoms with Gasteiger partial charge in [0, 0.05) is 19.3 Å².